The van der Waals surface area contributed by atoms with Gasteiger partial charge in [-0.15, -0.1) is 0 Å². The van der Waals surface area contributed by atoms with Gasteiger partial charge < -0.3 is 15.4 Å². The summed E-state index contributed by atoms with van der Waals surface area (Å²) in [5.74, 6) is 0.139. The lowest BCUT2D eigenvalue weighted by molar-refractivity contribution is 0.1000. The molecule has 0 aliphatic rings. The monoisotopic (exact) mass is 365 g/mol. The van der Waals surface area contributed by atoms with Gasteiger partial charge in [-0.2, -0.15) is 0 Å². The lowest BCUT2D eigenvalue weighted by Crippen LogP contribution is -2.22. The van der Waals surface area contributed by atoms with Gasteiger partial charge in [-0.3, -0.25) is 4.79 Å². The third kappa shape index (κ3) is 4.61. The van der Waals surface area contributed by atoms with E-state index in [4.69, 9.17) is 10.5 Å². The Labute approximate surface area is 157 Å². The first kappa shape index (κ1) is 18.4. The number of nitrogens with zero attached hydrogens (tertiary/aromatic N) is 2. The molecule has 0 aliphatic carbocycles. The fourth-order valence-electron chi connectivity index (χ4n) is 2.64. The van der Waals surface area contributed by atoms with Crippen LogP contribution in [0.25, 0.3) is 0 Å². The number of rotatable bonds is 7. The van der Waals surface area contributed by atoms with Crippen molar-refractivity contribution in [2.75, 3.05) is 11.4 Å². The zero-order valence-electron chi connectivity index (χ0n) is 14.9. The van der Waals surface area contributed by atoms with Crippen LogP contribution < -0.4 is 15.4 Å². The number of nitrogens with two attached hydrogens (primary N) is 1. The molecule has 0 fully saturated rings. The largest absolute Gasteiger partial charge is 0.454 e. The molecule has 138 valence electrons. The number of hydrogen-bond donors (Lipinski definition) is 1. The summed E-state index contributed by atoms with van der Waals surface area (Å²) in [6, 6.07) is 17.1. The van der Waals surface area contributed by atoms with Crippen LogP contribution in [0.15, 0.2) is 66.9 Å². The van der Waals surface area contributed by atoms with E-state index in [0.717, 1.165) is 24.0 Å². The maximum absolute atomic E-state index is 14.0. The van der Waals surface area contributed by atoms with Gasteiger partial charge in [0.05, 0.1) is 0 Å². The zero-order chi connectivity index (χ0) is 19.2. The number of carbonyl (C=O) groups excluding carboxylic acids is 1. The summed E-state index contributed by atoms with van der Waals surface area (Å²) < 4.78 is 19.6. The van der Waals surface area contributed by atoms with Gasteiger partial charge in [0.25, 0.3) is 0 Å². The number of hydrogen-bond acceptors (Lipinski definition) is 4. The van der Waals surface area contributed by atoms with Gasteiger partial charge in [0.1, 0.15) is 11.6 Å². The first-order chi connectivity index (χ1) is 13.1. The van der Waals surface area contributed by atoms with Crippen molar-refractivity contribution < 1.29 is 13.9 Å². The lowest BCUT2D eigenvalue weighted by Gasteiger charge is -2.22. The summed E-state index contributed by atoms with van der Waals surface area (Å²) in [4.78, 5) is 17.6. The molecule has 1 heterocycles. The molecule has 2 N–H and O–H groups in total. The van der Waals surface area contributed by atoms with Gasteiger partial charge in [-0.1, -0.05) is 18.2 Å². The van der Waals surface area contributed by atoms with Crippen LogP contribution >= 0.6 is 0 Å². The second kappa shape index (κ2) is 8.31. The van der Waals surface area contributed by atoms with E-state index in [1.54, 1.807) is 18.3 Å². The summed E-state index contributed by atoms with van der Waals surface area (Å²) in [5, 5.41) is 0. The van der Waals surface area contributed by atoms with E-state index in [1.807, 2.05) is 30.3 Å². The standard InChI is InChI=1S/C21H20FN3O2/c1-2-25(20-5-3-4-12-24-20)14-15-6-9-17(10-7-15)27-19-11-8-16(21(23)26)13-18(19)22/h3-13H,2,14H2,1H3,(H2,23,26). The number of ether oxygens (including phenoxy) is 1. The second-order valence-electron chi connectivity index (χ2n) is 5.96. The van der Waals surface area contributed by atoms with E-state index in [9.17, 15) is 9.18 Å². The smallest absolute Gasteiger partial charge is 0.248 e. The molecule has 0 aliphatic heterocycles. The second-order valence-corrected chi connectivity index (χ2v) is 5.96. The molecule has 0 unspecified atom stereocenters. The van der Waals surface area contributed by atoms with Crippen molar-refractivity contribution >= 4 is 11.7 Å². The molecule has 1 amide bonds. The lowest BCUT2D eigenvalue weighted by atomic mass is 10.2. The van der Waals surface area contributed by atoms with Crippen LogP contribution in [0.4, 0.5) is 10.2 Å². The summed E-state index contributed by atoms with van der Waals surface area (Å²) >= 11 is 0. The van der Waals surface area contributed by atoms with Gasteiger partial charge in [0.2, 0.25) is 5.91 Å². The Morgan fingerprint density at radius 2 is 1.93 bits per heavy atom. The minimum Gasteiger partial charge on any atom is -0.454 e. The van der Waals surface area contributed by atoms with E-state index in [-0.39, 0.29) is 11.3 Å². The van der Waals surface area contributed by atoms with Crippen molar-refractivity contribution in [1.29, 1.82) is 0 Å². The van der Waals surface area contributed by atoms with Crippen molar-refractivity contribution in [3.63, 3.8) is 0 Å². The van der Waals surface area contributed by atoms with Gasteiger partial charge in [0, 0.05) is 24.8 Å². The molecule has 5 nitrogen and oxygen atoms in total. The number of halogens is 1. The van der Waals surface area contributed by atoms with E-state index >= 15 is 0 Å². The maximum Gasteiger partial charge on any atom is 0.248 e. The van der Waals surface area contributed by atoms with Gasteiger partial charge >= 0.3 is 0 Å². The van der Waals surface area contributed by atoms with Crippen LogP contribution in [-0.2, 0) is 6.54 Å². The predicted molar refractivity (Wildman–Crippen MR) is 102 cm³/mol. The molecule has 0 atom stereocenters. The third-order valence-electron chi connectivity index (χ3n) is 4.10. The zero-order valence-corrected chi connectivity index (χ0v) is 14.9. The van der Waals surface area contributed by atoms with Crippen LogP contribution in [-0.4, -0.2) is 17.4 Å². The van der Waals surface area contributed by atoms with Crippen LogP contribution in [0, 0.1) is 5.82 Å². The highest BCUT2D eigenvalue weighted by molar-refractivity contribution is 5.92. The average Bonchev–Trinajstić information content (AvgIpc) is 2.69. The first-order valence-electron chi connectivity index (χ1n) is 8.59. The number of aromatic nitrogens is 1. The molecule has 0 bridgehead atoms. The Bertz CT molecular complexity index is 914. The highest BCUT2D eigenvalue weighted by Gasteiger charge is 2.10. The molecular weight excluding hydrogens is 345 g/mol. The quantitative estimate of drug-likeness (QED) is 0.683. The van der Waals surface area contributed by atoms with Crippen LogP contribution in [0.1, 0.15) is 22.8 Å². The van der Waals surface area contributed by atoms with Crippen LogP contribution in [0.2, 0.25) is 0 Å². The molecule has 2 aromatic carbocycles. The maximum atomic E-state index is 14.0. The molecule has 0 radical (unpaired) electrons. The number of benzene rings is 2. The van der Waals surface area contributed by atoms with Gasteiger partial charge in [-0.05, 0) is 55.0 Å². The molecule has 0 spiro atoms. The predicted octanol–water partition coefficient (Wildman–Crippen LogP) is 4.14. The molecule has 27 heavy (non-hydrogen) atoms. The number of pyridine rings is 1. The minimum atomic E-state index is -0.682. The van der Waals surface area contributed by atoms with Gasteiger partial charge in [-0.25, -0.2) is 9.37 Å². The highest BCUT2D eigenvalue weighted by atomic mass is 19.1. The van der Waals surface area contributed by atoms with Crippen molar-refractivity contribution in [3.8, 4) is 11.5 Å². The Kier molecular flexibility index (Phi) is 5.66. The molecule has 6 heteroatoms. The van der Waals surface area contributed by atoms with E-state index in [1.165, 1.54) is 12.1 Å². The molecule has 0 saturated carbocycles. The minimum absolute atomic E-state index is 0.0384. The summed E-state index contributed by atoms with van der Waals surface area (Å²) in [6.45, 7) is 3.60. The normalized spacial score (nSPS) is 10.4. The topological polar surface area (TPSA) is 68.5 Å². The Morgan fingerprint density at radius 3 is 2.52 bits per heavy atom. The van der Waals surface area contributed by atoms with Crippen LogP contribution in [0.5, 0.6) is 11.5 Å². The number of primary amides is 1. The number of carbonyl (C=O) groups is 1. The SMILES string of the molecule is CCN(Cc1ccc(Oc2ccc(C(N)=O)cc2F)cc1)c1ccccn1. The summed E-state index contributed by atoms with van der Waals surface area (Å²) in [6.07, 6.45) is 1.77. The molecule has 0 saturated heterocycles. The average molecular weight is 365 g/mol. The summed E-state index contributed by atoms with van der Waals surface area (Å²) in [7, 11) is 0. The third-order valence-corrected chi connectivity index (χ3v) is 4.10. The molecule has 3 rings (SSSR count). The molecule has 3 aromatic rings. The fourth-order valence-corrected chi connectivity index (χ4v) is 2.64. The molecular formula is C21H20FN3O2. The first-order valence-corrected chi connectivity index (χ1v) is 8.59. The van der Waals surface area contributed by atoms with E-state index in [0.29, 0.717) is 12.3 Å². The Hall–Kier alpha value is -3.41. The van der Waals surface area contributed by atoms with Crippen LogP contribution in [0.3, 0.4) is 0 Å². The fraction of sp³-hybridized carbons (Fsp3) is 0.143. The van der Waals surface area contributed by atoms with E-state index < -0.39 is 11.7 Å². The highest BCUT2D eigenvalue weighted by Crippen LogP contribution is 2.26. The van der Waals surface area contributed by atoms with Crippen molar-refractivity contribution in [2.24, 2.45) is 5.73 Å². The molecule has 1 aromatic heterocycles. The summed E-state index contributed by atoms with van der Waals surface area (Å²) in [5.41, 5.74) is 6.32. The Balaban J connectivity index is 1.69. The number of anilines is 1. The van der Waals surface area contributed by atoms with Crippen molar-refractivity contribution in [2.45, 2.75) is 13.5 Å². The van der Waals surface area contributed by atoms with Crippen molar-refractivity contribution in [1.82, 2.24) is 4.98 Å². The van der Waals surface area contributed by atoms with Crippen molar-refractivity contribution in [3.05, 3.63) is 83.8 Å². The number of amides is 1. The Morgan fingerprint density at radius 1 is 1.15 bits per heavy atom. The van der Waals surface area contributed by atoms with E-state index in [2.05, 4.69) is 16.8 Å². The van der Waals surface area contributed by atoms with Gasteiger partial charge in [0.15, 0.2) is 11.6 Å².